The Morgan fingerprint density at radius 3 is 3.17 bits per heavy atom. The Kier molecular flexibility index (Phi) is 1.33. The zero-order valence-electron chi connectivity index (χ0n) is 6.21. The molecule has 0 radical (unpaired) electrons. The van der Waals surface area contributed by atoms with Gasteiger partial charge in [0, 0.05) is 12.4 Å². The molecule has 2 amide bonds. The van der Waals surface area contributed by atoms with Gasteiger partial charge < -0.3 is 10.6 Å². The van der Waals surface area contributed by atoms with Gasteiger partial charge in [-0.3, -0.25) is 4.90 Å². The lowest BCUT2D eigenvalue weighted by molar-refractivity contribution is 0.233. The average molecular weight is 165 g/mol. The molecule has 0 saturated carbocycles. The molecule has 2 aliphatic heterocycles. The first-order valence-corrected chi connectivity index (χ1v) is 3.39. The van der Waals surface area contributed by atoms with Gasteiger partial charge in [0.1, 0.15) is 6.67 Å². The van der Waals surface area contributed by atoms with Crippen molar-refractivity contribution >= 4 is 6.03 Å². The van der Waals surface area contributed by atoms with Crippen LogP contribution >= 0.6 is 0 Å². The predicted molar refractivity (Wildman–Crippen MR) is 40.2 cm³/mol. The first-order chi connectivity index (χ1) is 5.77. The van der Waals surface area contributed by atoms with Crippen LogP contribution in [0.4, 0.5) is 4.79 Å². The first-order valence-electron chi connectivity index (χ1n) is 3.39. The number of rotatable bonds is 0. The van der Waals surface area contributed by atoms with Gasteiger partial charge in [0.15, 0.2) is 5.82 Å². The van der Waals surface area contributed by atoms with Gasteiger partial charge in [-0.05, 0) is 0 Å². The summed E-state index contributed by atoms with van der Waals surface area (Å²) < 4.78 is 0. The monoisotopic (exact) mass is 165 g/mol. The number of carbonyl (C=O) groups is 1. The van der Waals surface area contributed by atoms with Gasteiger partial charge in [-0.2, -0.15) is 5.11 Å². The topological polar surface area (TPSA) is 74.3 Å². The lowest BCUT2D eigenvalue weighted by atomic mass is 10.5. The molecule has 0 atom stereocenters. The number of carbonyl (C=O) groups excluding carboxylic acids is 1. The lowest BCUT2D eigenvalue weighted by Crippen LogP contribution is -2.30. The Bertz CT molecular complexity index is 305. The molecule has 12 heavy (non-hydrogen) atoms. The van der Waals surface area contributed by atoms with Crippen LogP contribution in [0.2, 0.25) is 0 Å². The van der Waals surface area contributed by atoms with E-state index in [0.29, 0.717) is 12.5 Å². The van der Waals surface area contributed by atoms with Crippen LogP contribution in [0.3, 0.4) is 0 Å². The van der Waals surface area contributed by atoms with Crippen molar-refractivity contribution in [2.45, 2.75) is 0 Å². The van der Waals surface area contributed by atoms with Crippen molar-refractivity contribution in [2.24, 2.45) is 16.0 Å². The largest absolute Gasteiger partial charge is 0.351 e. The Balaban J connectivity index is 2.25. The summed E-state index contributed by atoms with van der Waals surface area (Å²) in [4.78, 5) is 13.8. The van der Waals surface area contributed by atoms with Crippen LogP contribution in [-0.2, 0) is 0 Å². The smallest absolute Gasteiger partial charge is 0.323 e. The third-order valence-electron chi connectivity index (χ3n) is 1.60. The maximum absolute atomic E-state index is 10.7. The molecule has 0 saturated heterocycles. The molecule has 2 heterocycles. The molecule has 0 fully saturated rings. The third kappa shape index (κ3) is 0.931. The number of hydrogen-bond donors (Lipinski definition) is 1. The van der Waals surface area contributed by atoms with Crippen LogP contribution in [0.15, 0.2) is 34.6 Å². The van der Waals surface area contributed by atoms with Gasteiger partial charge >= 0.3 is 6.03 Å². The van der Waals surface area contributed by atoms with E-state index in [2.05, 4.69) is 10.2 Å². The molecule has 2 N–H and O–H groups in total. The van der Waals surface area contributed by atoms with Crippen molar-refractivity contribution in [1.82, 2.24) is 9.80 Å². The van der Waals surface area contributed by atoms with Crippen LogP contribution in [0.1, 0.15) is 0 Å². The molecule has 6 nitrogen and oxygen atoms in total. The molecule has 6 heteroatoms. The first kappa shape index (κ1) is 6.84. The Morgan fingerprint density at radius 2 is 2.42 bits per heavy atom. The molecule has 0 aromatic carbocycles. The summed E-state index contributed by atoms with van der Waals surface area (Å²) in [5.41, 5.74) is 5.05. The van der Waals surface area contributed by atoms with Gasteiger partial charge in [-0.1, -0.05) is 0 Å². The molecule has 0 unspecified atom stereocenters. The number of nitrogens with zero attached hydrogens (tertiary/aromatic N) is 4. The molecule has 2 rings (SSSR count). The average Bonchev–Trinajstić information content (AvgIpc) is 2.49. The minimum atomic E-state index is -0.527. The molecule has 62 valence electrons. The molecule has 0 aromatic heterocycles. The van der Waals surface area contributed by atoms with E-state index in [-0.39, 0.29) is 0 Å². The van der Waals surface area contributed by atoms with Gasteiger partial charge in [-0.15, -0.1) is 5.11 Å². The van der Waals surface area contributed by atoms with Crippen molar-refractivity contribution in [1.29, 1.82) is 0 Å². The van der Waals surface area contributed by atoms with Gasteiger partial charge in [0.2, 0.25) is 0 Å². The highest BCUT2D eigenvalue weighted by Gasteiger charge is 2.18. The van der Waals surface area contributed by atoms with E-state index in [9.17, 15) is 4.79 Å². The van der Waals surface area contributed by atoms with Crippen molar-refractivity contribution in [2.75, 3.05) is 6.67 Å². The SMILES string of the molecule is NC(=O)N1C=CN2CN=NC2=C1. The van der Waals surface area contributed by atoms with E-state index in [0.717, 1.165) is 0 Å². The number of urea groups is 1. The Morgan fingerprint density at radius 1 is 1.58 bits per heavy atom. The maximum Gasteiger partial charge on any atom is 0.323 e. The van der Waals surface area contributed by atoms with Crippen LogP contribution in [-0.4, -0.2) is 22.5 Å². The quantitative estimate of drug-likeness (QED) is 0.563. The zero-order chi connectivity index (χ0) is 8.55. The molecule has 0 spiro atoms. The second-order valence-electron chi connectivity index (χ2n) is 2.38. The fourth-order valence-corrected chi connectivity index (χ4v) is 0.982. The summed E-state index contributed by atoms with van der Waals surface area (Å²) in [5, 5.41) is 7.58. The number of fused-ring (bicyclic) bond motifs is 1. The summed E-state index contributed by atoms with van der Waals surface area (Å²) >= 11 is 0. The fraction of sp³-hybridized carbons (Fsp3) is 0.167. The molecule has 0 bridgehead atoms. The lowest BCUT2D eigenvalue weighted by Gasteiger charge is -2.20. The second-order valence-corrected chi connectivity index (χ2v) is 2.38. The fourth-order valence-electron chi connectivity index (χ4n) is 0.982. The molecule has 0 aromatic rings. The highest BCUT2D eigenvalue weighted by molar-refractivity contribution is 5.74. The van der Waals surface area contributed by atoms with E-state index in [1.165, 1.54) is 4.90 Å². The Labute approximate surface area is 68.6 Å². The molecule has 0 aliphatic carbocycles. The number of amides is 2. The standard InChI is InChI=1S/C6H7N5O/c7-6(12)10-1-2-11-4-8-9-5(11)3-10/h1-3H,4H2,(H2,7,12). The highest BCUT2D eigenvalue weighted by Crippen LogP contribution is 2.19. The van der Waals surface area contributed by atoms with E-state index < -0.39 is 6.03 Å². The number of azo groups is 1. The van der Waals surface area contributed by atoms with E-state index in [4.69, 9.17) is 5.73 Å². The van der Waals surface area contributed by atoms with Crippen LogP contribution in [0.25, 0.3) is 0 Å². The van der Waals surface area contributed by atoms with Crippen LogP contribution < -0.4 is 5.73 Å². The van der Waals surface area contributed by atoms with Crippen LogP contribution in [0, 0.1) is 0 Å². The highest BCUT2D eigenvalue weighted by atomic mass is 16.2. The summed E-state index contributed by atoms with van der Waals surface area (Å²) in [7, 11) is 0. The predicted octanol–water partition coefficient (Wildman–Crippen LogP) is 0.376. The third-order valence-corrected chi connectivity index (χ3v) is 1.60. The van der Waals surface area contributed by atoms with Crippen molar-refractivity contribution < 1.29 is 4.79 Å². The van der Waals surface area contributed by atoms with Gasteiger partial charge in [0.05, 0.1) is 6.20 Å². The van der Waals surface area contributed by atoms with Gasteiger partial charge in [0.25, 0.3) is 0 Å². The van der Waals surface area contributed by atoms with E-state index in [1.807, 2.05) is 0 Å². The maximum atomic E-state index is 10.7. The van der Waals surface area contributed by atoms with Crippen LogP contribution in [0.5, 0.6) is 0 Å². The van der Waals surface area contributed by atoms with Crippen molar-refractivity contribution in [3.8, 4) is 0 Å². The second kappa shape index (κ2) is 2.33. The molecular weight excluding hydrogens is 158 g/mol. The molecular formula is C6H7N5O. The minimum absolute atomic E-state index is 0.509. The summed E-state index contributed by atoms with van der Waals surface area (Å²) in [6.45, 7) is 0.509. The normalized spacial score (nSPS) is 19.5. The minimum Gasteiger partial charge on any atom is -0.351 e. The summed E-state index contributed by atoms with van der Waals surface area (Å²) in [5.74, 6) is 0.635. The van der Waals surface area contributed by atoms with E-state index >= 15 is 0 Å². The molecule has 2 aliphatic rings. The number of hydrogen-bond acceptors (Lipinski definition) is 4. The zero-order valence-corrected chi connectivity index (χ0v) is 6.21. The number of nitrogens with two attached hydrogens (primary N) is 1. The van der Waals surface area contributed by atoms with Crippen molar-refractivity contribution in [3.05, 3.63) is 24.4 Å². The van der Waals surface area contributed by atoms with E-state index in [1.54, 1.807) is 23.5 Å². The Hall–Kier alpha value is -1.85. The summed E-state index contributed by atoms with van der Waals surface area (Å²) in [6, 6.07) is -0.527. The summed E-state index contributed by atoms with van der Waals surface area (Å²) in [6.07, 6.45) is 4.82. The van der Waals surface area contributed by atoms with Crippen molar-refractivity contribution in [3.63, 3.8) is 0 Å². The van der Waals surface area contributed by atoms with Gasteiger partial charge in [-0.25, -0.2) is 4.79 Å². The number of primary amides is 1.